The number of aliphatic carboxylic acids is 1. The Balaban J connectivity index is 2.84. The third kappa shape index (κ3) is 5.63. The molecule has 0 aromatic heterocycles. The SMILES string of the molecule is CC(C)N(CCC(=O)O)C(=O)c1ccc(OC(F)(F)F)cc1. The number of amides is 1. The Labute approximate surface area is 125 Å². The number of benzene rings is 1. The number of carbonyl (C=O) groups is 2. The van der Waals surface area contributed by atoms with Crippen molar-refractivity contribution >= 4 is 11.9 Å². The normalized spacial score (nSPS) is 11.4. The lowest BCUT2D eigenvalue weighted by Crippen LogP contribution is -2.38. The summed E-state index contributed by atoms with van der Waals surface area (Å²) in [5.74, 6) is -1.91. The highest BCUT2D eigenvalue weighted by Gasteiger charge is 2.31. The molecule has 0 saturated heterocycles. The Morgan fingerprint density at radius 3 is 2.18 bits per heavy atom. The van der Waals surface area contributed by atoms with Crippen molar-refractivity contribution in [3.8, 4) is 5.75 Å². The van der Waals surface area contributed by atoms with Gasteiger partial charge in [0.2, 0.25) is 0 Å². The van der Waals surface area contributed by atoms with E-state index in [9.17, 15) is 22.8 Å². The quantitative estimate of drug-likeness (QED) is 0.875. The predicted octanol–water partition coefficient (Wildman–Crippen LogP) is 2.91. The van der Waals surface area contributed by atoms with E-state index >= 15 is 0 Å². The first-order valence-corrected chi connectivity index (χ1v) is 6.48. The van der Waals surface area contributed by atoms with Gasteiger partial charge in [-0.15, -0.1) is 13.2 Å². The molecule has 0 aliphatic heterocycles. The topological polar surface area (TPSA) is 66.8 Å². The number of hydrogen-bond acceptors (Lipinski definition) is 3. The van der Waals surface area contributed by atoms with Crippen LogP contribution >= 0.6 is 0 Å². The van der Waals surface area contributed by atoms with Crippen LogP contribution in [0.5, 0.6) is 5.75 Å². The van der Waals surface area contributed by atoms with Crippen LogP contribution in [0, 0.1) is 0 Å². The third-order valence-electron chi connectivity index (χ3n) is 2.79. The molecule has 1 aromatic rings. The first kappa shape index (κ1) is 17.8. The summed E-state index contributed by atoms with van der Waals surface area (Å²) < 4.78 is 39.9. The van der Waals surface area contributed by atoms with Crippen LogP contribution in [-0.2, 0) is 4.79 Å². The maximum absolute atomic E-state index is 12.3. The minimum Gasteiger partial charge on any atom is -0.481 e. The minimum absolute atomic E-state index is 0.0205. The first-order valence-electron chi connectivity index (χ1n) is 6.48. The minimum atomic E-state index is -4.79. The fraction of sp³-hybridized carbons (Fsp3) is 0.429. The third-order valence-corrected chi connectivity index (χ3v) is 2.79. The van der Waals surface area contributed by atoms with Crippen molar-refractivity contribution in [3.63, 3.8) is 0 Å². The monoisotopic (exact) mass is 319 g/mol. The van der Waals surface area contributed by atoms with Crippen molar-refractivity contribution in [2.45, 2.75) is 32.7 Å². The molecule has 0 atom stereocenters. The number of rotatable bonds is 6. The van der Waals surface area contributed by atoms with E-state index in [4.69, 9.17) is 5.11 Å². The smallest absolute Gasteiger partial charge is 0.481 e. The van der Waals surface area contributed by atoms with E-state index in [1.807, 2.05) is 0 Å². The van der Waals surface area contributed by atoms with E-state index in [1.165, 1.54) is 17.0 Å². The van der Waals surface area contributed by atoms with Gasteiger partial charge < -0.3 is 14.7 Å². The van der Waals surface area contributed by atoms with Gasteiger partial charge in [-0.05, 0) is 38.1 Å². The molecule has 122 valence electrons. The summed E-state index contributed by atoms with van der Waals surface area (Å²) in [4.78, 5) is 24.2. The van der Waals surface area contributed by atoms with Crippen LogP contribution < -0.4 is 4.74 Å². The molecule has 1 rings (SSSR count). The number of halogens is 3. The molecule has 0 aliphatic rings. The predicted molar refractivity (Wildman–Crippen MR) is 71.6 cm³/mol. The number of hydrogen-bond donors (Lipinski definition) is 1. The molecule has 0 bridgehead atoms. The molecule has 0 aliphatic carbocycles. The van der Waals surface area contributed by atoms with Crippen LogP contribution in [0.4, 0.5) is 13.2 Å². The maximum atomic E-state index is 12.3. The summed E-state index contributed by atoms with van der Waals surface area (Å²) in [6.45, 7) is 3.47. The van der Waals surface area contributed by atoms with Gasteiger partial charge in [0.1, 0.15) is 5.75 Å². The molecule has 1 amide bonds. The van der Waals surface area contributed by atoms with Gasteiger partial charge in [-0.1, -0.05) is 0 Å². The molecule has 0 unspecified atom stereocenters. The fourth-order valence-corrected chi connectivity index (χ4v) is 1.78. The van der Waals surface area contributed by atoms with E-state index in [-0.39, 0.29) is 24.6 Å². The Bertz CT molecular complexity index is 526. The van der Waals surface area contributed by atoms with Gasteiger partial charge in [0, 0.05) is 18.2 Å². The van der Waals surface area contributed by atoms with Gasteiger partial charge in [-0.3, -0.25) is 9.59 Å². The van der Waals surface area contributed by atoms with Crippen LogP contribution in [0.1, 0.15) is 30.6 Å². The zero-order valence-corrected chi connectivity index (χ0v) is 12.1. The number of nitrogens with zero attached hydrogens (tertiary/aromatic N) is 1. The molecule has 0 spiro atoms. The second-order valence-corrected chi connectivity index (χ2v) is 4.81. The van der Waals surface area contributed by atoms with E-state index < -0.39 is 24.0 Å². The standard InChI is InChI=1S/C14H16F3NO4/c1-9(2)18(8-7-12(19)20)13(21)10-3-5-11(6-4-10)22-14(15,16)17/h3-6,9H,7-8H2,1-2H3,(H,19,20). The molecule has 0 saturated carbocycles. The van der Waals surface area contributed by atoms with Crippen molar-refractivity contribution in [1.82, 2.24) is 4.90 Å². The molecule has 5 nitrogen and oxygen atoms in total. The van der Waals surface area contributed by atoms with Crippen molar-refractivity contribution in [2.75, 3.05) is 6.54 Å². The molecular weight excluding hydrogens is 303 g/mol. The molecular formula is C14H16F3NO4. The van der Waals surface area contributed by atoms with Crippen LogP contribution in [0.15, 0.2) is 24.3 Å². The van der Waals surface area contributed by atoms with Crippen LogP contribution in [0.3, 0.4) is 0 Å². The number of carboxylic acid groups (broad SMARTS) is 1. The van der Waals surface area contributed by atoms with E-state index in [1.54, 1.807) is 13.8 Å². The van der Waals surface area contributed by atoms with E-state index in [0.717, 1.165) is 12.1 Å². The largest absolute Gasteiger partial charge is 0.573 e. The Kier molecular flexibility index (Phi) is 5.78. The van der Waals surface area contributed by atoms with E-state index in [0.29, 0.717) is 0 Å². The van der Waals surface area contributed by atoms with Gasteiger partial charge in [0.05, 0.1) is 6.42 Å². The molecule has 0 fully saturated rings. The van der Waals surface area contributed by atoms with Gasteiger partial charge >= 0.3 is 12.3 Å². The Morgan fingerprint density at radius 1 is 1.23 bits per heavy atom. The van der Waals surface area contributed by atoms with Gasteiger partial charge in [-0.25, -0.2) is 0 Å². The lowest BCUT2D eigenvalue weighted by atomic mass is 10.1. The second-order valence-electron chi connectivity index (χ2n) is 4.81. The van der Waals surface area contributed by atoms with Crippen molar-refractivity contribution in [3.05, 3.63) is 29.8 Å². The molecule has 0 heterocycles. The summed E-state index contributed by atoms with van der Waals surface area (Å²) in [6, 6.07) is 4.25. The van der Waals surface area contributed by atoms with Crippen LogP contribution in [-0.4, -0.2) is 40.8 Å². The fourth-order valence-electron chi connectivity index (χ4n) is 1.78. The van der Waals surface area contributed by atoms with Crippen LogP contribution in [0.2, 0.25) is 0 Å². The lowest BCUT2D eigenvalue weighted by Gasteiger charge is -2.26. The van der Waals surface area contributed by atoms with Gasteiger partial charge in [0.15, 0.2) is 0 Å². The zero-order chi connectivity index (χ0) is 16.9. The number of carbonyl (C=O) groups excluding carboxylic acids is 1. The van der Waals surface area contributed by atoms with Gasteiger partial charge in [0.25, 0.3) is 5.91 Å². The van der Waals surface area contributed by atoms with Crippen molar-refractivity contribution in [1.29, 1.82) is 0 Å². The summed E-state index contributed by atoms with van der Waals surface area (Å²) in [5.41, 5.74) is 0.161. The number of carboxylic acids is 1. The highest BCUT2D eigenvalue weighted by atomic mass is 19.4. The average Bonchev–Trinajstić information content (AvgIpc) is 2.36. The van der Waals surface area contributed by atoms with E-state index in [2.05, 4.69) is 4.74 Å². The molecule has 1 N–H and O–H groups in total. The summed E-state index contributed by atoms with van der Waals surface area (Å²) in [7, 11) is 0. The Hall–Kier alpha value is -2.25. The molecule has 8 heteroatoms. The number of ether oxygens (including phenoxy) is 1. The zero-order valence-electron chi connectivity index (χ0n) is 12.1. The van der Waals surface area contributed by atoms with Crippen molar-refractivity contribution < 1.29 is 32.6 Å². The number of alkyl halides is 3. The van der Waals surface area contributed by atoms with Gasteiger partial charge in [-0.2, -0.15) is 0 Å². The average molecular weight is 319 g/mol. The Morgan fingerprint density at radius 2 is 1.77 bits per heavy atom. The highest BCUT2D eigenvalue weighted by molar-refractivity contribution is 5.94. The summed E-state index contributed by atoms with van der Waals surface area (Å²) >= 11 is 0. The summed E-state index contributed by atoms with van der Waals surface area (Å²) in [5, 5.41) is 8.68. The highest BCUT2D eigenvalue weighted by Crippen LogP contribution is 2.23. The molecule has 22 heavy (non-hydrogen) atoms. The van der Waals surface area contributed by atoms with Crippen molar-refractivity contribution in [2.24, 2.45) is 0 Å². The molecule has 0 radical (unpaired) electrons. The van der Waals surface area contributed by atoms with Crippen LogP contribution in [0.25, 0.3) is 0 Å². The summed E-state index contributed by atoms with van der Waals surface area (Å²) in [6.07, 6.45) is -5.00. The second kappa shape index (κ2) is 7.15. The lowest BCUT2D eigenvalue weighted by molar-refractivity contribution is -0.274. The first-order chi connectivity index (χ1) is 10.1. The molecule has 1 aromatic carbocycles. The maximum Gasteiger partial charge on any atom is 0.573 e.